The molecule has 1 aromatic rings. The summed E-state index contributed by atoms with van der Waals surface area (Å²) in [5.74, 6) is -0.505. The summed E-state index contributed by atoms with van der Waals surface area (Å²) in [6.45, 7) is 4.53. The number of benzene rings is 1. The number of hydrogen-bond donors (Lipinski definition) is 1. The predicted molar refractivity (Wildman–Crippen MR) is 77.6 cm³/mol. The normalized spacial score (nSPS) is 15.2. The Kier molecular flexibility index (Phi) is 4.98. The largest absolute Gasteiger partial charge is 0.494 e. The summed E-state index contributed by atoms with van der Waals surface area (Å²) in [5, 5.41) is 2.52. The van der Waals surface area contributed by atoms with Gasteiger partial charge in [0.2, 0.25) is 0 Å². The average molecular weight is 306 g/mol. The van der Waals surface area contributed by atoms with Crippen LogP contribution in [0, 0.1) is 0 Å². The van der Waals surface area contributed by atoms with Crippen LogP contribution in [0.25, 0.3) is 0 Å². The minimum absolute atomic E-state index is 0.280. The van der Waals surface area contributed by atoms with Gasteiger partial charge in [0.25, 0.3) is 5.91 Å². The molecular weight excluding hydrogens is 288 g/mol. The zero-order chi connectivity index (χ0) is 16.1. The fraction of sp³-hybridized carbons (Fsp3) is 0.400. The number of rotatable bonds is 5. The molecule has 1 aromatic carbocycles. The van der Waals surface area contributed by atoms with Gasteiger partial charge < -0.3 is 14.8 Å². The van der Waals surface area contributed by atoms with E-state index in [0.29, 0.717) is 24.5 Å². The number of imide groups is 1. The Morgan fingerprint density at radius 3 is 2.55 bits per heavy atom. The van der Waals surface area contributed by atoms with Crippen LogP contribution in [0.3, 0.4) is 0 Å². The van der Waals surface area contributed by atoms with Crippen molar-refractivity contribution in [1.82, 2.24) is 10.2 Å². The van der Waals surface area contributed by atoms with Crippen LogP contribution in [0.2, 0.25) is 0 Å². The Morgan fingerprint density at radius 2 is 2.00 bits per heavy atom. The van der Waals surface area contributed by atoms with Crippen LogP contribution < -0.4 is 10.1 Å². The molecule has 118 valence electrons. The number of urea groups is 1. The van der Waals surface area contributed by atoms with E-state index >= 15 is 0 Å². The van der Waals surface area contributed by atoms with Crippen LogP contribution in [0.15, 0.2) is 24.3 Å². The number of nitrogens with one attached hydrogen (secondary N) is 1. The molecule has 3 amide bonds. The third kappa shape index (κ3) is 3.55. The molecule has 1 unspecified atom stereocenters. The second-order valence-corrected chi connectivity index (χ2v) is 4.73. The summed E-state index contributed by atoms with van der Waals surface area (Å²) in [6.07, 6.45) is -1.03. The quantitative estimate of drug-likeness (QED) is 0.826. The summed E-state index contributed by atoms with van der Waals surface area (Å²) >= 11 is 0. The number of carbonyl (C=O) groups is 3. The van der Waals surface area contributed by atoms with E-state index in [1.165, 1.54) is 6.92 Å². The number of esters is 1. The van der Waals surface area contributed by atoms with Crippen LogP contribution in [0.1, 0.15) is 24.2 Å². The molecule has 0 aromatic heterocycles. The lowest BCUT2D eigenvalue weighted by Gasteiger charge is -2.18. The van der Waals surface area contributed by atoms with E-state index in [4.69, 9.17) is 9.47 Å². The molecule has 0 bridgehead atoms. The number of ether oxygens (including phenoxy) is 2. The van der Waals surface area contributed by atoms with Gasteiger partial charge in [-0.2, -0.15) is 0 Å². The van der Waals surface area contributed by atoms with E-state index in [1.54, 1.807) is 24.3 Å². The van der Waals surface area contributed by atoms with E-state index in [-0.39, 0.29) is 6.54 Å². The lowest BCUT2D eigenvalue weighted by atomic mass is 10.2. The first-order valence-corrected chi connectivity index (χ1v) is 7.06. The highest BCUT2D eigenvalue weighted by Gasteiger charge is 2.31. The zero-order valence-corrected chi connectivity index (χ0v) is 12.5. The van der Waals surface area contributed by atoms with Crippen molar-refractivity contribution in [2.24, 2.45) is 0 Å². The van der Waals surface area contributed by atoms with Crippen molar-refractivity contribution in [2.75, 3.05) is 19.7 Å². The first kappa shape index (κ1) is 15.8. The summed E-state index contributed by atoms with van der Waals surface area (Å²) < 4.78 is 10.4. The Labute approximate surface area is 128 Å². The third-order valence-electron chi connectivity index (χ3n) is 3.16. The molecule has 22 heavy (non-hydrogen) atoms. The molecule has 1 fully saturated rings. The highest BCUT2D eigenvalue weighted by atomic mass is 16.5. The number of hydrogen-bond acceptors (Lipinski definition) is 5. The number of nitrogens with zero attached hydrogens (tertiary/aromatic N) is 1. The topological polar surface area (TPSA) is 84.9 Å². The van der Waals surface area contributed by atoms with Gasteiger partial charge in [0.05, 0.1) is 12.2 Å². The van der Waals surface area contributed by atoms with E-state index in [2.05, 4.69) is 5.32 Å². The Morgan fingerprint density at radius 1 is 1.32 bits per heavy atom. The molecule has 1 saturated heterocycles. The van der Waals surface area contributed by atoms with Gasteiger partial charge in [-0.05, 0) is 38.1 Å². The molecule has 0 saturated carbocycles. The highest BCUT2D eigenvalue weighted by molar-refractivity contribution is 5.99. The summed E-state index contributed by atoms with van der Waals surface area (Å²) in [7, 11) is 0. The molecule has 2 rings (SSSR count). The first-order valence-electron chi connectivity index (χ1n) is 7.06. The van der Waals surface area contributed by atoms with E-state index < -0.39 is 24.0 Å². The molecule has 1 N–H and O–H groups in total. The fourth-order valence-electron chi connectivity index (χ4n) is 2.03. The Hall–Kier alpha value is -2.57. The lowest BCUT2D eigenvalue weighted by molar-refractivity contribution is -0.136. The van der Waals surface area contributed by atoms with E-state index in [0.717, 1.165) is 4.90 Å². The summed E-state index contributed by atoms with van der Waals surface area (Å²) in [6, 6.07) is 5.97. The van der Waals surface area contributed by atoms with Crippen molar-refractivity contribution in [2.45, 2.75) is 20.0 Å². The average Bonchev–Trinajstić information content (AvgIpc) is 2.93. The molecular formula is C15H18N2O5. The minimum atomic E-state index is -1.03. The maximum absolute atomic E-state index is 12.0. The van der Waals surface area contributed by atoms with E-state index in [1.807, 2.05) is 6.92 Å². The van der Waals surface area contributed by atoms with Crippen LogP contribution in [0.5, 0.6) is 5.75 Å². The van der Waals surface area contributed by atoms with Crippen molar-refractivity contribution in [3.8, 4) is 5.75 Å². The third-order valence-corrected chi connectivity index (χ3v) is 3.16. The molecule has 1 aliphatic rings. The van der Waals surface area contributed by atoms with Gasteiger partial charge in [0, 0.05) is 13.1 Å². The highest BCUT2D eigenvalue weighted by Crippen LogP contribution is 2.14. The Balaban J connectivity index is 1.95. The maximum atomic E-state index is 12.0. The molecule has 0 radical (unpaired) electrons. The fourth-order valence-corrected chi connectivity index (χ4v) is 2.03. The van der Waals surface area contributed by atoms with Crippen LogP contribution >= 0.6 is 0 Å². The number of carbonyl (C=O) groups excluding carboxylic acids is 3. The molecule has 1 atom stereocenters. The molecule has 0 aliphatic carbocycles. The summed E-state index contributed by atoms with van der Waals surface area (Å²) in [4.78, 5) is 36.5. The van der Waals surface area contributed by atoms with Crippen LogP contribution in [0.4, 0.5) is 4.79 Å². The van der Waals surface area contributed by atoms with Crippen LogP contribution in [-0.2, 0) is 9.53 Å². The smallest absolute Gasteiger partial charge is 0.338 e. The molecule has 7 nitrogen and oxygen atoms in total. The van der Waals surface area contributed by atoms with Gasteiger partial charge in [-0.15, -0.1) is 0 Å². The molecule has 7 heteroatoms. The van der Waals surface area contributed by atoms with Crippen molar-refractivity contribution in [3.05, 3.63) is 29.8 Å². The molecule has 0 spiro atoms. The second-order valence-electron chi connectivity index (χ2n) is 4.73. The zero-order valence-electron chi connectivity index (χ0n) is 12.5. The van der Waals surface area contributed by atoms with Gasteiger partial charge in [-0.25, -0.2) is 9.59 Å². The van der Waals surface area contributed by atoms with Crippen molar-refractivity contribution >= 4 is 17.9 Å². The van der Waals surface area contributed by atoms with Crippen LogP contribution in [-0.4, -0.2) is 48.6 Å². The van der Waals surface area contributed by atoms with Gasteiger partial charge in [-0.1, -0.05) is 0 Å². The van der Waals surface area contributed by atoms with Crippen molar-refractivity contribution in [3.63, 3.8) is 0 Å². The molecule has 1 heterocycles. The van der Waals surface area contributed by atoms with Crippen molar-refractivity contribution < 1.29 is 23.9 Å². The van der Waals surface area contributed by atoms with Gasteiger partial charge >= 0.3 is 12.0 Å². The first-order chi connectivity index (χ1) is 10.5. The summed E-state index contributed by atoms with van der Waals surface area (Å²) in [5.41, 5.74) is 0.314. The maximum Gasteiger partial charge on any atom is 0.338 e. The number of amides is 3. The van der Waals surface area contributed by atoms with Gasteiger partial charge in [-0.3, -0.25) is 9.69 Å². The predicted octanol–water partition coefficient (Wildman–Crippen LogP) is 1.18. The van der Waals surface area contributed by atoms with E-state index in [9.17, 15) is 14.4 Å². The molecule has 1 aliphatic heterocycles. The second kappa shape index (κ2) is 6.93. The Bertz CT molecular complexity index is 570. The standard InChI is InChI=1S/C15H18N2O5/c1-3-21-12-6-4-11(5-7-12)14(19)22-10(2)13(18)17-9-8-16-15(17)20/h4-7,10H,3,8-9H2,1-2H3,(H,16,20). The minimum Gasteiger partial charge on any atom is -0.494 e. The van der Waals surface area contributed by atoms with Gasteiger partial charge in [0.15, 0.2) is 6.10 Å². The monoisotopic (exact) mass is 306 g/mol. The van der Waals surface area contributed by atoms with Crippen molar-refractivity contribution in [1.29, 1.82) is 0 Å². The SMILES string of the molecule is CCOc1ccc(C(=O)OC(C)C(=O)N2CCNC2=O)cc1. The lowest BCUT2D eigenvalue weighted by Crippen LogP contribution is -2.41. The van der Waals surface area contributed by atoms with Gasteiger partial charge in [0.1, 0.15) is 5.75 Å².